The van der Waals surface area contributed by atoms with Crippen molar-refractivity contribution in [2.24, 2.45) is 10.8 Å². The van der Waals surface area contributed by atoms with Crippen LogP contribution in [0.25, 0.3) is 54.3 Å². The van der Waals surface area contributed by atoms with E-state index in [9.17, 15) is 23.1 Å². The Kier molecular flexibility index (Phi) is 12.0. The molecule has 0 atom stereocenters. The Morgan fingerprint density at radius 2 is 1.26 bits per heavy atom. The number of benzene rings is 5. The monoisotopic (exact) mass is 855 g/mol. The number of carbonyl (C=O) groups excluding carboxylic acids is 1. The van der Waals surface area contributed by atoms with Crippen molar-refractivity contribution in [2.75, 3.05) is 0 Å². The first-order chi connectivity index (χ1) is 23.3. The number of aliphatic hydroxyl groups excluding tert-OH is 1. The number of aromatic nitrogens is 1. The molecule has 0 aliphatic rings. The van der Waals surface area contributed by atoms with Gasteiger partial charge >= 0.3 is 6.18 Å². The van der Waals surface area contributed by atoms with Crippen LogP contribution in [0.1, 0.15) is 72.8 Å². The van der Waals surface area contributed by atoms with Gasteiger partial charge in [-0.05, 0) is 69.6 Å². The molecule has 0 fully saturated rings. The molecule has 50 heavy (non-hydrogen) atoms. The van der Waals surface area contributed by atoms with Crippen LogP contribution in [0.4, 0.5) is 13.2 Å². The number of halogens is 3. The van der Waals surface area contributed by atoms with E-state index in [0.29, 0.717) is 16.6 Å². The molecule has 0 unspecified atom stereocenters. The maximum Gasteiger partial charge on any atom is 0.403 e. The normalized spacial score (nSPS) is 12.5. The number of ketones is 1. The van der Waals surface area contributed by atoms with Crippen molar-refractivity contribution < 1.29 is 43.2 Å². The molecule has 3 nitrogen and oxygen atoms in total. The fraction of sp³-hybridized carbons (Fsp3) is 0.302. The zero-order chi connectivity index (χ0) is 35.6. The van der Waals surface area contributed by atoms with Gasteiger partial charge in [-0.3, -0.25) is 9.78 Å². The molecule has 0 aliphatic carbocycles. The summed E-state index contributed by atoms with van der Waals surface area (Å²) < 4.78 is 41.5. The molecule has 0 spiro atoms. The van der Waals surface area contributed by atoms with E-state index in [0.717, 1.165) is 64.1 Å². The summed E-state index contributed by atoms with van der Waals surface area (Å²) in [5.74, 6) is 0.286. The van der Waals surface area contributed by atoms with E-state index in [2.05, 4.69) is 35.3 Å². The fourth-order valence-electron chi connectivity index (χ4n) is 6.24. The van der Waals surface area contributed by atoms with E-state index in [1.54, 1.807) is 24.4 Å². The summed E-state index contributed by atoms with van der Waals surface area (Å²) in [6, 6.07) is 29.0. The van der Waals surface area contributed by atoms with E-state index >= 15 is 0 Å². The smallest absolute Gasteiger partial charge is 0.403 e. The minimum atomic E-state index is -4.47. The van der Waals surface area contributed by atoms with Gasteiger partial charge < -0.3 is 5.11 Å². The van der Waals surface area contributed by atoms with Crippen LogP contribution in [-0.4, -0.2) is 15.9 Å². The number of nitrogens with zero attached hydrogens (tertiary/aromatic N) is 1. The van der Waals surface area contributed by atoms with Gasteiger partial charge in [0, 0.05) is 48.9 Å². The molecule has 0 saturated heterocycles. The average Bonchev–Trinajstić information content (AvgIpc) is 3.12. The van der Waals surface area contributed by atoms with Crippen molar-refractivity contribution in [1.29, 1.82) is 0 Å². The van der Waals surface area contributed by atoms with Crippen molar-refractivity contribution >= 4 is 48.9 Å². The van der Waals surface area contributed by atoms with Crippen LogP contribution in [0.3, 0.4) is 0 Å². The van der Waals surface area contributed by atoms with E-state index < -0.39 is 11.7 Å². The second kappa shape index (κ2) is 15.4. The maximum atomic E-state index is 13.8. The second-order valence-electron chi connectivity index (χ2n) is 13.3. The van der Waals surface area contributed by atoms with Crippen LogP contribution in [0.2, 0.25) is 0 Å². The van der Waals surface area contributed by atoms with Gasteiger partial charge in [0.2, 0.25) is 0 Å². The average molecular weight is 855 g/mol. The molecule has 263 valence electrons. The number of pyridine rings is 1. The maximum absolute atomic E-state index is 13.8. The van der Waals surface area contributed by atoms with E-state index in [-0.39, 0.29) is 47.9 Å². The van der Waals surface area contributed by atoms with E-state index in [4.69, 9.17) is 0 Å². The third-order valence-corrected chi connectivity index (χ3v) is 10.6. The summed E-state index contributed by atoms with van der Waals surface area (Å²) in [5.41, 5.74) is -0.447. The molecule has 6 rings (SSSR count). The van der Waals surface area contributed by atoms with Crippen LogP contribution in [0, 0.1) is 16.9 Å². The Morgan fingerprint density at radius 3 is 1.90 bits per heavy atom. The second-order valence-corrected chi connectivity index (χ2v) is 13.3. The van der Waals surface area contributed by atoms with Crippen LogP contribution in [0.15, 0.2) is 103 Å². The Labute approximate surface area is 306 Å². The zero-order valence-corrected chi connectivity index (χ0v) is 31.7. The van der Waals surface area contributed by atoms with Gasteiger partial charge in [-0.15, -0.1) is 23.6 Å². The standard InChI is InChI=1S/C28H15F3N.C15H28O2.Ir/c29-28(30,31)26-16-19(15-18-6-2-4-8-21(18)26)27-25-12-11-22-20-7-3-1-5-17(20)9-10-23(22)24(25)13-14-32-27;1-7-14(5,8-2)12(16)11-13(17)15(6,9-3)10-4;/h1-14,16H;11,16H,7-10H2,1-6H3;/q-1;;/b;12-11-;. The largest absolute Gasteiger partial charge is 0.512 e. The Bertz CT molecular complexity index is 2180. The molecular weight excluding hydrogens is 812 g/mol. The molecular formula is C43H43F3IrNO2-. The molecule has 1 N–H and O–H groups in total. The van der Waals surface area contributed by atoms with Gasteiger partial charge in [0.15, 0.2) is 5.78 Å². The summed E-state index contributed by atoms with van der Waals surface area (Å²) in [6.07, 6.45) is 1.94. The van der Waals surface area contributed by atoms with Gasteiger partial charge in [0.05, 0.1) is 0 Å². The third kappa shape index (κ3) is 7.50. The first-order valence-corrected chi connectivity index (χ1v) is 17.0. The number of alkyl halides is 3. The topological polar surface area (TPSA) is 50.2 Å². The molecule has 1 radical (unpaired) electrons. The van der Waals surface area contributed by atoms with Crippen molar-refractivity contribution in [3.05, 3.63) is 115 Å². The van der Waals surface area contributed by atoms with E-state index in [1.165, 1.54) is 12.1 Å². The Balaban J connectivity index is 0.000000269. The van der Waals surface area contributed by atoms with Crippen LogP contribution < -0.4 is 0 Å². The summed E-state index contributed by atoms with van der Waals surface area (Å²) in [6.45, 7) is 12.1. The quantitative estimate of drug-likeness (QED) is 0.0718. The number of carbonyl (C=O) groups is 1. The van der Waals surface area contributed by atoms with Gasteiger partial charge in [-0.1, -0.05) is 119 Å². The molecule has 1 heterocycles. The molecule has 5 aromatic carbocycles. The molecule has 0 saturated carbocycles. The van der Waals surface area contributed by atoms with Gasteiger partial charge in [0.25, 0.3) is 0 Å². The van der Waals surface area contributed by atoms with Crippen LogP contribution in [0.5, 0.6) is 0 Å². The van der Waals surface area contributed by atoms with Crippen molar-refractivity contribution in [2.45, 2.75) is 73.4 Å². The third-order valence-electron chi connectivity index (χ3n) is 10.6. The minimum absolute atomic E-state index is 0. The molecule has 1 aromatic heterocycles. The molecule has 0 amide bonds. The van der Waals surface area contributed by atoms with Gasteiger partial charge in [0.1, 0.15) is 5.76 Å². The summed E-state index contributed by atoms with van der Waals surface area (Å²) in [5, 5.41) is 16.9. The predicted molar refractivity (Wildman–Crippen MR) is 197 cm³/mol. The molecule has 0 bridgehead atoms. The summed E-state index contributed by atoms with van der Waals surface area (Å²) in [7, 11) is 0. The summed E-state index contributed by atoms with van der Waals surface area (Å²) in [4.78, 5) is 16.7. The molecule has 7 heteroatoms. The minimum Gasteiger partial charge on any atom is -0.512 e. The van der Waals surface area contributed by atoms with E-state index in [1.807, 2.05) is 71.9 Å². The number of hydrogen-bond acceptors (Lipinski definition) is 3. The fourth-order valence-corrected chi connectivity index (χ4v) is 6.24. The van der Waals surface area contributed by atoms with Crippen molar-refractivity contribution in [1.82, 2.24) is 4.98 Å². The first-order valence-electron chi connectivity index (χ1n) is 17.0. The van der Waals surface area contributed by atoms with Gasteiger partial charge in [-0.25, -0.2) is 0 Å². The predicted octanol–water partition coefficient (Wildman–Crippen LogP) is 12.8. The first kappa shape index (κ1) is 38.7. The van der Waals surface area contributed by atoms with Gasteiger partial charge in [-0.2, -0.15) is 13.2 Å². The molecule has 6 aromatic rings. The SMILES string of the molecule is CCC(C)(CC)C(=O)/C=C(\O)C(C)(CC)CC.FC(F)(F)c1cc(-c2nccc3c2ccc2c4ccccc4ccc32)[c-]c2ccccc12.[Ir]. The zero-order valence-electron chi connectivity index (χ0n) is 29.3. The van der Waals surface area contributed by atoms with Crippen LogP contribution in [-0.2, 0) is 31.1 Å². The Morgan fingerprint density at radius 1 is 0.720 bits per heavy atom. The molecule has 0 aliphatic heterocycles. The summed E-state index contributed by atoms with van der Waals surface area (Å²) >= 11 is 0. The van der Waals surface area contributed by atoms with Crippen LogP contribution >= 0.6 is 0 Å². The Hall–Kier alpha value is -4.06. The van der Waals surface area contributed by atoms with Crippen molar-refractivity contribution in [3.63, 3.8) is 0 Å². The number of hydrogen-bond donors (Lipinski definition) is 1. The number of fused-ring (bicyclic) bond motifs is 6. The number of allylic oxidation sites excluding steroid dienone is 2. The van der Waals surface area contributed by atoms with Crippen molar-refractivity contribution in [3.8, 4) is 11.3 Å². The number of aliphatic hydroxyl groups is 1. The number of rotatable bonds is 8.